The standard InChI is InChI=1S/C18H29NO3Si2/c1-18(2,3)17(21)22-19-16(20)13-8-9-14-15(12-13)24(6,7)11-10-23(14,4)5/h8-9,12H,10-11H2,1-7H3,(H,19,20). The molecule has 0 saturated heterocycles. The molecule has 1 heterocycles. The van der Waals surface area contributed by atoms with E-state index >= 15 is 0 Å². The van der Waals surface area contributed by atoms with E-state index in [1.807, 2.05) is 12.1 Å². The molecular weight excluding hydrogens is 334 g/mol. The number of fused-ring (bicyclic) bond motifs is 1. The van der Waals surface area contributed by atoms with Gasteiger partial charge < -0.3 is 4.84 Å². The highest BCUT2D eigenvalue weighted by molar-refractivity contribution is 7.03. The summed E-state index contributed by atoms with van der Waals surface area (Å²) in [4.78, 5) is 29.1. The van der Waals surface area contributed by atoms with E-state index in [4.69, 9.17) is 4.84 Å². The number of rotatable bonds is 1. The van der Waals surface area contributed by atoms with Gasteiger partial charge >= 0.3 is 5.97 Å². The molecule has 0 aromatic heterocycles. The van der Waals surface area contributed by atoms with Crippen LogP contribution in [0, 0.1) is 5.41 Å². The summed E-state index contributed by atoms with van der Waals surface area (Å²) in [5.41, 5.74) is 2.23. The number of hydrogen-bond donors (Lipinski definition) is 1. The Morgan fingerprint density at radius 2 is 1.54 bits per heavy atom. The zero-order chi connectivity index (χ0) is 18.3. The van der Waals surface area contributed by atoms with E-state index in [1.165, 1.54) is 22.5 Å². The second-order valence-electron chi connectivity index (χ2n) is 9.10. The fraction of sp³-hybridized carbons (Fsp3) is 0.556. The summed E-state index contributed by atoms with van der Waals surface area (Å²) in [6.45, 7) is 14.8. The van der Waals surface area contributed by atoms with Crippen LogP contribution in [-0.2, 0) is 9.63 Å². The summed E-state index contributed by atoms with van der Waals surface area (Å²) >= 11 is 0. The lowest BCUT2D eigenvalue weighted by Gasteiger charge is -2.39. The first-order chi connectivity index (χ1) is 10.8. The molecule has 0 bridgehead atoms. The Hall–Kier alpha value is -1.41. The number of hydrogen-bond acceptors (Lipinski definition) is 3. The van der Waals surface area contributed by atoms with Crippen molar-refractivity contribution >= 4 is 38.4 Å². The van der Waals surface area contributed by atoms with Gasteiger partial charge in [0.1, 0.15) is 0 Å². The van der Waals surface area contributed by atoms with Gasteiger partial charge in [-0.2, -0.15) is 5.48 Å². The molecular formula is C18H29NO3Si2. The van der Waals surface area contributed by atoms with E-state index in [1.54, 1.807) is 20.8 Å². The molecule has 1 aromatic rings. The van der Waals surface area contributed by atoms with Crippen molar-refractivity contribution in [2.75, 3.05) is 0 Å². The van der Waals surface area contributed by atoms with Crippen LogP contribution in [0.25, 0.3) is 0 Å². The Balaban J connectivity index is 2.25. The number of benzene rings is 1. The molecule has 1 amide bonds. The summed E-state index contributed by atoms with van der Waals surface area (Å²) in [6.07, 6.45) is 0. The number of carbonyl (C=O) groups excluding carboxylic acids is 2. The normalized spacial score (nSPS) is 18.5. The van der Waals surface area contributed by atoms with Crippen LogP contribution in [0.15, 0.2) is 18.2 Å². The van der Waals surface area contributed by atoms with Crippen LogP contribution in [0.2, 0.25) is 38.3 Å². The van der Waals surface area contributed by atoms with Gasteiger partial charge in [0.2, 0.25) is 0 Å². The molecule has 1 aliphatic rings. The molecule has 2 rings (SSSR count). The molecule has 0 fully saturated rings. The molecule has 6 heteroatoms. The fourth-order valence-electron chi connectivity index (χ4n) is 3.03. The first-order valence-electron chi connectivity index (χ1n) is 8.51. The third-order valence-corrected chi connectivity index (χ3v) is 12.5. The monoisotopic (exact) mass is 363 g/mol. The van der Waals surface area contributed by atoms with E-state index in [0.717, 1.165) is 0 Å². The van der Waals surface area contributed by atoms with Crippen molar-refractivity contribution < 1.29 is 14.4 Å². The van der Waals surface area contributed by atoms with Gasteiger partial charge in [0.05, 0.1) is 21.6 Å². The quantitative estimate of drug-likeness (QED) is 0.616. The number of carbonyl (C=O) groups is 2. The highest BCUT2D eigenvalue weighted by Crippen LogP contribution is 2.26. The lowest BCUT2D eigenvalue weighted by molar-refractivity contribution is -0.158. The minimum absolute atomic E-state index is 0.356. The summed E-state index contributed by atoms with van der Waals surface area (Å²) in [5, 5.41) is 2.90. The molecule has 0 spiro atoms. The summed E-state index contributed by atoms with van der Waals surface area (Å²) in [5.74, 6) is -0.803. The molecule has 4 nitrogen and oxygen atoms in total. The maximum Gasteiger partial charge on any atom is 0.337 e. The minimum atomic E-state index is -1.50. The Bertz CT molecular complexity index is 675. The zero-order valence-corrected chi connectivity index (χ0v) is 17.9. The molecule has 1 N–H and O–H groups in total. The van der Waals surface area contributed by atoms with Gasteiger partial charge in [-0.05, 0) is 26.8 Å². The predicted molar refractivity (Wildman–Crippen MR) is 103 cm³/mol. The van der Waals surface area contributed by atoms with Gasteiger partial charge in [-0.25, -0.2) is 4.79 Å². The lowest BCUT2D eigenvalue weighted by atomic mass is 9.98. The molecule has 1 aromatic carbocycles. The molecule has 132 valence electrons. The van der Waals surface area contributed by atoms with Gasteiger partial charge in [-0.15, -0.1) is 0 Å². The van der Waals surface area contributed by atoms with Crippen molar-refractivity contribution in [3.05, 3.63) is 23.8 Å². The largest absolute Gasteiger partial charge is 0.340 e. The van der Waals surface area contributed by atoms with E-state index in [2.05, 4.69) is 37.7 Å². The predicted octanol–water partition coefficient (Wildman–Crippen LogP) is 2.77. The molecule has 24 heavy (non-hydrogen) atoms. The van der Waals surface area contributed by atoms with Crippen molar-refractivity contribution in [1.29, 1.82) is 0 Å². The van der Waals surface area contributed by atoms with Gasteiger partial charge in [0, 0.05) is 5.56 Å². The lowest BCUT2D eigenvalue weighted by Crippen LogP contribution is -2.63. The summed E-state index contributed by atoms with van der Waals surface area (Å²) in [6, 6.07) is 8.65. The maximum absolute atomic E-state index is 12.4. The van der Waals surface area contributed by atoms with E-state index < -0.39 is 27.5 Å². The molecule has 0 aliphatic carbocycles. The Kier molecular flexibility index (Phi) is 4.85. The Labute approximate surface area is 147 Å². The molecule has 0 radical (unpaired) electrons. The number of hydroxylamine groups is 1. The third kappa shape index (κ3) is 3.80. The van der Waals surface area contributed by atoms with Crippen LogP contribution >= 0.6 is 0 Å². The Morgan fingerprint density at radius 3 is 2.08 bits per heavy atom. The highest BCUT2D eigenvalue weighted by Gasteiger charge is 2.39. The molecule has 1 aliphatic heterocycles. The van der Waals surface area contributed by atoms with Gasteiger partial charge in [0.15, 0.2) is 0 Å². The van der Waals surface area contributed by atoms with Crippen LogP contribution in [0.1, 0.15) is 31.1 Å². The molecule has 0 saturated carbocycles. The summed E-state index contributed by atoms with van der Waals surface area (Å²) < 4.78 is 0. The first-order valence-corrected chi connectivity index (χ1v) is 14.9. The van der Waals surface area contributed by atoms with Crippen LogP contribution in [0.5, 0.6) is 0 Å². The van der Waals surface area contributed by atoms with Crippen molar-refractivity contribution in [2.24, 2.45) is 5.41 Å². The van der Waals surface area contributed by atoms with Crippen molar-refractivity contribution in [3.63, 3.8) is 0 Å². The van der Waals surface area contributed by atoms with E-state index in [0.29, 0.717) is 5.56 Å². The second-order valence-corrected chi connectivity index (χ2v) is 18.7. The second kappa shape index (κ2) is 6.15. The van der Waals surface area contributed by atoms with E-state index in [-0.39, 0.29) is 5.91 Å². The van der Waals surface area contributed by atoms with Crippen LogP contribution in [0.4, 0.5) is 0 Å². The minimum Gasteiger partial charge on any atom is -0.340 e. The first kappa shape index (κ1) is 18.9. The topological polar surface area (TPSA) is 55.4 Å². The van der Waals surface area contributed by atoms with Gasteiger partial charge in [0.25, 0.3) is 5.91 Å². The third-order valence-electron chi connectivity index (χ3n) is 4.96. The number of amides is 1. The van der Waals surface area contributed by atoms with Crippen LogP contribution in [0.3, 0.4) is 0 Å². The van der Waals surface area contributed by atoms with Crippen molar-refractivity contribution in [2.45, 2.75) is 59.0 Å². The Morgan fingerprint density at radius 1 is 1.00 bits per heavy atom. The van der Waals surface area contributed by atoms with Crippen molar-refractivity contribution in [1.82, 2.24) is 5.48 Å². The number of nitrogens with one attached hydrogen (secondary N) is 1. The SMILES string of the molecule is CC(C)(C)C(=O)ONC(=O)c1ccc2c(c1)[Si](C)(C)CC[Si]2(C)C. The summed E-state index contributed by atoms with van der Waals surface area (Å²) in [7, 11) is -2.91. The highest BCUT2D eigenvalue weighted by atomic mass is 28.3. The van der Waals surface area contributed by atoms with Crippen LogP contribution < -0.4 is 15.9 Å². The average Bonchev–Trinajstić information content (AvgIpc) is 2.48. The van der Waals surface area contributed by atoms with Gasteiger partial charge in [-0.3, -0.25) is 4.79 Å². The van der Waals surface area contributed by atoms with Crippen LogP contribution in [-0.4, -0.2) is 28.0 Å². The molecule has 0 atom stereocenters. The molecule has 0 unspecified atom stereocenters. The average molecular weight is 364 g/mol. The smallest absolute Gasteiger partial charge is 0.337 e. The van der Waals surface area contributed by atoms with Gasteiger partial charge in [-0.1, -0.05) is 60.8 Å². The maximum atomic E-state index is 12.4. The zero-order valence-electron chi connectivity index (χ0n) is 15.9. The fourth-order valence-corrected chi connectivity index (χ4v) is 13.3. The van der Waals surface area contributed by atoms with E-state index in [9.17, 15) is 9.59 Å². The van der Waals surface area contributed by atoms with Crippen molar-refractivity contribution in [3.8, 4) is 0 Å².